The molecule has 8 heteroatoms. The van der Waals surface area contributed by atoms with Crippen LogP contribution >= 0.6 is 0 Å². The van der Waals surface area contributed by atoms with Gasteiger partial charge in [-0.25, -0.2) is 0 Å². The van der Waals surface area contributed by atoms with Gasteiger partial charge in [0.1, 0.15) is 0 Å². The molecule has 1 aliphatic heterocycles. The van der Waals surface area contributed by atoms with Gasteiger partial charge in [0, 0.05) is 36.2 Å². The van der Waals surface area contributed by atoms with E-state index in [0.717, 1.165) is 48.9 Å². The van der Waals surface area contributed by atoms with Crippen molar-refractivity contribution in [3.05, 3.63) is 64.7 Å². The summed E-state index contributed by atoms with van der Waals surface area (Å²) in [6.07, 6.45) is 1.14. The zero-order valence-electron chi connectivity index (χ0n) is 19.2. The number of nitrogens with zero attached hydrogens (tertiary/aromatic N) is 1. The molecule has 0 bridgehead atoms. The predicted molar refractivity (Wildman–Crippen MR) is 127 cm³/mol. The zero-order valence-corrected chi connectivity index (χ0v) is 19.2. The molecule has 184 valence electrons. The lowest BCUT2D eigenvalue weighted by Gasteiger charge is -2.36. The monoisotopic (exact) mass is 484 g/mol. The number of fused-ring (bicyclic) bond motifs is 2. The summed E-state index contributed by atoms with van der Waals surface area (Å²) in [5.41, 5.74) is 3.09. The average Bonchev–Trinajstić information content (AvgIpc) is 2.77. The van der Waals surface area contributed by atoms with Gasteiger partial charge < -0.3 is 15.3 Å². The molecule has 0 aromatic heterocycles. The number of amides is 2. The molecule has 2 aromatic rings. The van der Waals surface area contributed by atoms with Crippen LogP contribution in [0.4, 0.5) is 24.5 Å². The van der Waals surface area contributed by atoms with Gasteiger partial charge in [-0.3, -0.25) is 9.59 Å². The molecule has 2 N–H and O–H groups in total. The Bertz CT molecular complexity index is 1200. The van der Waals surface area contributed by atoms with Gasteiger partial charge in [0.15, 0.2) is 0 Å². The second kappa shape index (κ2) is 9.15. The SMILES string of the molecule is O=C(C=C1CCN(C(=O)C2CCC2)c2cc(C(F)(F)F)ccc21)Nc1cccc2c1CC(O)CC2. The maximum Gasteiger partial charge on any atom is 0.416 e. The van der Waals surface area contributed by atoms with Crippen molar-refractivity contribution in [2.75, 3.05) is 16.8 Å². The molecule has 35 heavy (non-hydrogen) atoms. The third kappa shape index (κ3) is 4.72. The average molecular weight is 485 g/mol. The lowest BCUT2D eigenvalue weighted by molar-refractivity contribution is -0.137. The second-order valence-electron chi connectivity index (χ2n) is 9.60. The fourth-order valence-corrected chi connectivity index (χ4v) is 5.16. The molecular formula is C27H27F3N2O3. The van der Waals surface area contributed by atoms with Crippen LogP contribution < -0.4 is 10.2 Å². The minimum atomic E-state index is -4.53. The van der Waals surface area contributed by atoms with Gasteiger partial charge in [0.25, 0.3) is 0 Å². The number of carbonyl (C=O) groups excluding carboxylic acids is 2. The Morgan fingerprint density at radius 3 is 2.60 bits per heavy atom. The fraction of sp³-hybridized carbons (Fsp3) is 0.407. The predicted octanol–water partition coefficient (Wildman–Crippen LogP) is 5.11. The summed E-state index contributed by atoms with van der Waals surface area (Å²) in [5.74, 6) is -0.682. The van der Waals surface area contributed by atoms with E-state index in [1.54, 1.807) is 6.07 Å². The van der Waals surface area contributed by atoms with Crippen molar-refractivity contribution in [1.29, 1.82) is 0 Å². The van der Waals surface area contributed by atoms with Gasteiger partial charge in [0.05, 0.1) is 17.4 Å². The molecule has 5 rings (SSSR count). The minimum absolute atomic E-state index is 0.144. The molecule has 1 atom stereocenters. The van der Waals surface area contributed by atoms with E-state index in [-0.39, 0.29) is 24.1 Å². The number of aliphatic hydroxyl groups excluding tert-OH is 1. The van der Waals surface area contributed by atoms with Crippen molar-refractivity contribution in [2.45, 2.75) is 57.2 Å². The van der Waals surface area contributed by atoms with E-state index in [1.807, 2.05) is 12.1 Å². The molecule has 3 aliphatic rings. The summed E-state index contributed by atoms with van der Waals surface area (Å²) in [5, 5.41) is 12.9. The quantitative estimate of drug-likeness (QED) is 0.595. The zero-order chi connectivity index (χ0) is 24.7. The van der Waals surface area contributed by atoms with E-state index in [0.29, 0.717) is 36.1 Å². The van der Waals surface area contributed by atoms with Crippen LogP contribution in [0.2, 0.25) is 0 Å². The Morgan fingerprint density at radius 2 is 1.89 bits per heavy atom. The number of aryl methyl sites for hydroxylation is 1. The summed E-state index contributed by atoms with van der Waals surface area (Å²) in [6.45, 7) is 0.232. The largest absolute Gasteiger partial charge is 0.416 e. The fourth-order valence-electron chi connectivity index (χ4n) is 5.16. The molecule has 2 amide bonds. The maximum atomic E-state index is 13.4. The molecule has 2 aliphatic carbocycles. The van der Waals surface area contributed by atoms with Crippen LogP contribution in [-0.2, 0) is 28.6 Å². The number of hydrogen-bond donors (Lipinski definition) is 2. The van der Waals surface area contributed by atoms with Crippen LogP contribution in [0.5, 0.6) is 0 Å². The molecule has 0 saturated heterocycles. The number of halogens is 3. The lowest BCUT2D eigenvalue weighted by Crippen LogP contribution is -2.41. The first-order valence-electron chi connectivity index (χ1n) is 12.0. The highest BCUT2D eigenvalue weighted by atomic mass is 19.4. The van der Waals surface area contributed by atoms with Crippen LogP contribution in [0.1, 0.15) is 54.4 Å². The Kier molecular flexibility index (Phi) is 6.17. The van der Waals surface area contributed by atoms with E-state index in [9.17, 15) is 27.9 Å². The molecule has 1 saturated carbocycles. The number of nitrogens with one attached hydrogen (secondary N) is 1. The van der Waals surface area contributed by atoms with E-state index in [4.69, 9.17) is 0 Å². The van der Waals surface area contributed by atoms with Crippen molar-refractivity contribution in [3.8, 4) is 0 Å². The van der Waals surface area contributed by atoms with Crippen LogP contribution in [0.25, 0.3) is 5.57 Å². The van der Waals surface area contributed by atoms with Crippen molar-refractivity contribution in [2.24, 2.45) is 5.92 Å². The number of hydrogen-bond acceptors (Lipinski definition) is 3. The highest BCUT2D eigenvalue weighted by molar-refractivity contribution is 6.07. The number of aliphatic hydroxyl groups is 1. The molecule has 1 unspecified atom stereocenters. The summed E-state index contributed by atoms with van der Waals surface area (Å²) in [6, 6.07) is 9.01. The van der Waals surface area contributed by atoms with Gasteiger partial charge in [-0.1, -0.05) is 24.6 Å². The Labute approximate surface area is 201 Å². The number of anilines is 2. The topological polar surface area (TPSA) is 69.6 Å². The van der Waals surface area contributed by atoms with Crippen LogP contribution in [0.15, 0.2) is 42.5 Å². The summed E-state index contributed by atoms with van der Waals surface area (Å²) >= 11 is 0. The maximum absolute atomic E-state index is 13.4. The highest BCUT2D eigenvalue weighted by Crippen LogP contribution is 2.41. The molecular weight excluding hydrogens is 457 g/mol. The molecule has 0 radical (unpaired) electrons. The van der Waals surface area contributed by atoms with Gasteiger partial charge in [0.2, 0.25) is 11.8 Å². The number of carbonyl (C=O) groups is 2. The van der Waals surface area contributed by atoms with E-state index in [1.165, 1.54) is 17.0 Å². The normalized spacial score (nSPS) is 21.2. The van der Waals surface area contributed by atoms with Crippen molar-refractivity contribution in [1.82, 2.24) is 0 Å². The number of alkyl halides is 3. The van der Waals surface area contributed by atoms with Crippen molar-refractivity contribution in [3.63, 3.8) is 0 Å². The first-order valence-corrected chi connectivity index (χ1v) is 12.0. The molecule has 1 heterocycles. The van der Waals surface area contributed by atoms with E-state index in [2.05, 4.69) is 5.32 Å². The highest BCUT2D eigenvalue weighted by Gasteiger charge is 2.36. The third-order valence-corrected chi connectivity index (χ3v) is 7.31. The molecule has 1 fully saturated rings. The molecule has 2 aromatic carbocycles. The minimum Gasteiger partial charge on any atom is -0.393 e. The first kappa shape index (κ1) is 23.6. The van der Waals surface area contributed by atoms with Crippen LogP contribution in [0.3, 0.4) is 0 Å². The number of rotatable bonds is 3. The van der Waals surface area contributed by atoms with Gasteiger partial charge in [-0.05, 0) is 67.0 Å². The second-order valence-corrected chi connectivity index (χ2v) is 9.60. The Hall–Kier alpha value is -3.13. The number of benzene rings is 2. The molecule has 0 spiro atoms. The Morgan fingerprint density at radius 1 is 1.09 bits per heavy atom. The lowest BCUT2D eigenvalue weighted by atomic mass is 9.83. The molecule has 5 nitrogen and oxygen atoms in total. The van der Waals surface area contributed by atoms with Crippen LogP contribution in [-0.4, -0.2) is 29.6 Å². The first-order chi connectivity index (χ1) is 16.7. The summed E-state index contributed by atoms with van der Waals surface area (Å²) < 4.78 is 40.3. The standard InChI is InChI=1S/C27H27F3N2O3/c28-27(29,30)19-8-10-21-18(11-12-32(24(21)14-19)26(35)17-4-1-5-17)13-25(34)31-23-6-2-3-16-7-9-20(33)15-22(16)23/h2-3,6,8,10,13-14,17,20,33H,1,4-5,7,9,11-12,15H2,(H,31,34). The van der Waals surface area contributed by atoms with Crippen molar-refractivity contribution < 1.29 is 27.9 Å². The van der Waals surface area contributed by atoms with E-state index < -0.39 is 23.8 Å². The van der Waals surface area contributed by atoms with Crippen molar-refractivity contribution >= 4 is 28.8 Å². The Balaban J connectivity index is 1.45. The van der Waals surface area contributed by atoms with Gasteiger partial charge >= 0.3 is 6.18 Å². The van der Waals surface area contributed by atoms with Gasteiger partial charge in [-0.2, -0.15) is 13.2 Å². The summed E-state index contributed by atoms with van der Waals surface area (Å²) in [7, 11) is 0. The third-order valence-electron chi connectivity index (χ3n) is 7.31. The van der Waals surface area contributed by atoms with Gasteiger partial charge in [-0.15, -0.1) is 0 Å². The van der Waals surface area contributed by atoms with E-state index >= 15 is 0 Å². The smallest absolute Gasteiger partial charge is 0.393 e. The van der Waals surface area contributed by atoms with Crippen LogP contribution in [0, 0.1) is 5.92 Å². The summed E-state index contributed by atoms with van der Waals surface area (Å²) in [4.78, 5) is 27.4.